The highest BCUT2D eigenvalue weighted by Crippen LogP contribution is 2.30. The average molecular weight is 374 g/mol. The van der Waals surface area contributed by atoms with Crippen molar-refractivity contribution < 1.29 is 0 Å². The summed E-state index contributed by atoms with van der Waals surface area (Å²) in [4.78, 5) is 9.19. The predicted molar refractivity (Wildman–Crippen MR) is 112 cm³/mol. The second kappa shape index (κ2) is 6.61. The van der Waals surface area contributed by atoms with Crippen molar-refractivity contribution in [1.29, 1.82) is 5.26 Å². The SMILES string of the molecule is CC1(C)CC(Nc2nccc(-n3ccc4c(C#N)cccc43)n2)CC(C)(C)N1. The van der Waals surface area contributed by atoms with Gasteiger partial charge in [0.1, 0.15) is 5.82 Å². The van der Waals surface area contributed by atoms with Crippen molar-refractivity contribution >= 4 is 16.9 Å². The lowest BCUT2D eigenvalue weighted by molar-refractivity contribution is 0.170. The van der Waals surface area contributed by atoms with Crippen molar-refractivity contribution in [3.8, 4) is 11.9 Å². The summed E-state index contributed by atoms with van der Waals surface area (Å²) in [6.07, 6.45) is 5.74. The molecule has 28 heavy (non-hydrogen) atoms. The molecule has 0 radical (unpaired) electrons. The zero-order valence-corrected chi connectivity index (χ0v) is 16.8. The Hall–Kier alpha value is -2.91. The Morgan fingerprint density at radius 1 is 1.14 bits per heavy atom. The minimum atomic E-state index is 0.0569. The Labute approximate surface area is 165 Å². The van der Waals surface area contributed by atoms with Gasteiger partial charge < -0.3 is 15.2 Å². The van der Waals surface area contributed by atoms with Crippen molar-refractivity contribution in [2.45, 2.75) is 57.7 Å². The molecule has 1 aromatic carbocycles. The Kier molecular flexibility index (Phi) is 4.35. The van der Waals surface area contributed by atoms with E-state index in [-0.39, 0.29) is 11.1 Å². The molecule has 0 aliphatic carbocycles. The maximum Gasteiger partial charge on any atom is 0.224 e. The van der Waals surface area contributed by atoms with Crippen LogP contribution >= 0.6 is 0 Å². The fourth-order valence-corrected chi connectivity index (χ4v) is 4.62. The second-order valence-electron chi connectivity index (χ2n) is 8.92. The van der Waals surface area contributed by atoms with Crippen LogP contribution in [-0.2, 0) is 0 Å². The van der Waals surface area contributed by atoms with Crippen molar-refractivity contribution in [2.24, 2.45) is 0 Å². The maximum atomic E-state index is 9.33. The standard InChI is InChI=1S/C22H26N6/c1-21(2)12-16(13-22(3,4)27-21)25-20-24-10-8-19(26-20)28-11-9-17-15(14-23)6-5-7-18(17)28/h5-11,16,27H,12-13H2,1-4H3,(H,24,25,26). The fraction of sp³-hybridized carbons (Fsp3) is 0.409. The van der Waals surface area contributed by atoms with Gasteiger partial charge in [0.25, 0.3) is 0 Å². The summed E-state index contributed by atoms with van der Waals surface area (Å²) in [5, 5.41) is 17.5. The number of piperidine rings is 1. The molecule has 1 aliphatic heterocycles. The number of rotatable bonds is 3. The van der Waals surface area contributed by atoms with Crippen molar-refractivity contribution in [3.05, 3.63) is 48.3 Å². The molecule has 1 aliphatic rings. The zero-order valence-electron chi connectivity index (χ0n) is 16.8. The number of hydrogen-bond donors (Lipinski definition) is 2. The first-order valence-corrected chi connectivity index (χ1v) is 9.66. The van der Waals surface area contributed by atoms with E-state index in [1.807, 2.05) is 41.1 Å². The lowest BCUT2D eigenvalue weighted by Gasteiger charge is -2.46. The third-order valence-electron chi connectivity index (χ3n) is 5.26. The number of aromatic nitrogens is 3. The Morgan fingerprint density at radius 2 is 1.89 bits per heavy atom. The van der Waals surface area contributed by atoms with Gasteiger partial charge >= 0.3 is 0 Å². The zero-order chi connectivity index (χ0) is 19.9. The highest BCUT2D eigenvalue weighted by atomic mass is 15.2. The molecule has 3 heterocycles. The van der Waals surface area contributed by atoms with E-state index >= 15 is 0 Å². The van der Waals surface area contributed by atoms with Crippen LogP contribution in [0.4, 0.5) is 5.95 Å². The number of nitrogens with zero attached hydrogens (tertiary/aromatic N) is 4. The van der Waals surface area contributed by atoms with Gasteiger partial charge in [0, 0.05) is 34.9 Å². The van der Waals surface area contributed by atoms with Gasteiger partial charge in [-0.3, -0.25) is 0 Å². The van der Waals surface area contributed by atoms with Gasteiger partial charge in [-0.1, -0.05) is 6.07 Å². The van der Waals surface area contributed by atoms with Crippen molar-refractivity contribution in [2.75, 3.05) is 5.32 Å². The van der Waals surface area contributed by atoms with Crippen LogP contribution in [0.2, 0.25) is 0 Å². The smallest absolute Gasteiger partial charge is 0.224 e. The van der Waals surface area contributed by atoms with Crippen LogP contribution in [0.3, 0.4) is 0 Å². The van der Waals surface area contributed by atoms with Crippen LogP contribution in [0.5, 0.6) is 0 Å². The normalized spacial score (nSPS) is 18.7. The Balaban J connectivity index is 1.64. The highest BCUT2D eigenvalue weighted by molar-refractivity contribution is 5.87. The summed E-state index contributed by atoms with van der Waals surface area (Å²) in [6.45, 7) is 8.94. The summed E-state index contributed by atoms with van der Waals surface area (Å²) < 4.78 is 2.00. The molecule has 0 atom stereocenters. The first kappa shape index (κ1) is 18.5. The molecule has 6 nitrogen and oxygen atoms in total. The highest BCUT2D eigenvalue weighted by Gasteiger charge is 2.37. The number of nitriles is 1. The van der Waals surface area contributed by atoms with E-state index in [2.05, 4.69) is 49.4 Å². The minimum Gasteiger partial charge on any atom is -0.351 e. The van der Waals surface area contributed by atoms with Gasteiger partial charge in [-0.05, 0) is 64.8 Å². The topological polar surface area (TPSA) is 78.6 Å². The van der Waals surface area contributed by atoms with Crippen LogP contribution in [-0.4, -0.2) is 31.7 Å². The number of fused-ring (bicyclic) bond motifs is 1. The summed E-state index contributed by atoms with van der Waals surface area (Å²) in [6, 6.07) is 12.1. The summed E-state index contributed by atoms with van der Waals surface area (Å²) >= 11 is 0. The third kappa shape index (κ3) is 3.58. The Morgan fingerprint density at radius 3 is 2.61 bits per heavy atom. The number of hydrogen-bond acceptors (Lipinski definition) is 5. The Bertz CT molecular complexity index is 1040. The van der Waals surface area contributed by atoms with E-state index in [1.54, 1.807) is 6.20 Å². The van der Waals surface area contributed by atoms with E-state index < -0.39 is 0 Å². The first-order chi connectivity index (χ1) is 13.3. The van der Waals surface area contributed by atoms with Gasteiger partial charge in [0.05, 0.1) is 17.1 Å². The fourth-order valence-electron chi connectivity index (χ4n) is 4.62. The van der Waals surface area contributed by atoms with Gasteiger partial charge in [-0.2, -0.15) is 10.2 Å². The molecule has 1 fully saturated rings. The lowest BCUT2D eigenvalue weighted by Crippen LogP contribution is -2.60. The van der Waals surface area contributed by atoms with Crippen LogP contribution in [0, 0.1) is 11.3 Å². The molecule has 2 N–H and O–H groups in total. The minimum absolute atomic E-state index is 0.0569. The average Bonchev–Trinajstić information content (AvgIpc) is 3.03. The first-order valence-electron chi connectivity index (χ1n) is 9.66. The molecule has 2 aromatic heterocycles. The molecule has 0 amide bonds. The molecule has 1 saturated heterocycles. The molecule has 0 spiro atoms. The molecular weight excluding hydrogens is 348 g/mol. The largest absolute Gasteiger partial charge is 0.351 e. The monoisotopic (exact) mass is 374 g/mol. The number of anilines is 1. The van der Waals surface area contributed by atoms with Crippen LogP contribution < -0.4 is 10.6 Å². The number of benzene rings is 1. The van der Waals surface area contributed by atoms with E-state index in [9.17, 15) is 5.26 Å². The van der Waals surface area contributed by atoms with E-state index in [0.29, 0.717) is 17.6 Å². The van der Waals surface area contributed by atoms with Gasteiger partial charge in [-0.25, -0.2) is 4.98 Å². The van der Waals surface area contributed by atoms with Gasteiger partial charge in [-0.15, -0.1) is 0 Å². The molecule has 0 saturated carbocycles. The van der Waals surface area contributed by atoms with E-state index in [4.69, 9.17) is 4.98 Å². The van der Waals surface area contributed by atoms with Gasteiger partial charge in [0.15, 0.2) is 0 Å². The molecule has 0 unspecified atom stereocenters. The van der Waals surface area contributed by atoms with E-state index in [0.717, 1.165) is 29.6 Å². The van der Waals surface area contributed by atoms with E-state index in [1.165, 1.54) is 0 Å². The van der Waals surface area contributed by atoms with Crippen molar-refractivity contribution in [1.82, 2.24) is 19.9 Å². The third-order valence-corrected chi connectivity index (χ3v) is 5.26. The summed E-state index contributed by atoms with van der Waals surface area (Å²) in [5.74, 6) is 1.42. The second-order valence-corrected chi connectivity index (χ2v) is 8.92. The maximum absolute atomic E-state index is 9.33. The molecule has 3 aromatic rings. The van der Waals surface area contributed by atoms with Gasteiger partial charge in [0.2, 0.25) is 5.95 Å². The molecule has 6 heteroatoms. The summed E-state index contributed by atoms with van der Waals surface area (Å²) in [7, 11) is 0. The molecule has 0 bridgehead atoms. The van der Waals surface area contributed by atoms with Crippen LogP contribution in [0.25, 0.3) is 16.7 Å². The predicted octanol–water partition coefficient (Wildman–Crippen LogP) is 4.01. The molecule has 144 valence electrons. The lowest BCUT2D eigenvalue weighted by atomic mass is 9.80. The van der Waals surface area contributed by atoms with Crippen molar-refractivity contribution in [3.63, 3.8) is 0 Å². The molecular formula is C22H26N6. The quantitative estimate of drug-likeness (QED) is 0.724. The number of nitrogens with one attached hydrogen (secondary N) is 2. The molecule has 4 rings (SSSR count). The van der Waals surface area contributed by atoms with Crippen LogP contribution in [0.1, 0.15) is 46.1 Å². The summed E-state index contributed by atoms with van der Waals surface area (Å²) in [5.41, 5.74) is 1.75. The van der Waals surface area contributed by atoms with Crippen LogP contribution in [0.15, 0.2) is 42.7 Å².